The second-order valence-electron chi connectivity index (χ2n) is 5.16. The molecule has 1 unspecified atom stereocenters. The van der Waals surface area contributed by atoms with Crippen molar-refractivity contribution < 1.29 is 9.90 Å². The Hall–Kier alpha value is -2.30. The largest absolute Gasteiger partial charge is 0.481 e. The number of carboxylic acids is 1. The zero-order valence-corrected chi connectivity index (χ0v) is 11.0. The fourth-order valence-corrected chi connectivity index (χ4v) is 2.92. The minimum absolute atomic E-state index is 0.0377. The predicted octanol–water partition coefficient (Wildman–Crippen LogP) is 1.97. The Morgan fingerprint density at radius 2 is 2.20 bits per heavy atom. The van der Waals surface area contributed by atoms with E-state index in [0.29, 0.717) is 5.39 Å². The third-order valence-corrected chi connectivity index (χ3v) is 3.84. The van der Waals surface area contributed by atoms with Crippen molar-refractivity contribution in [2.75, 3.05) is 11.4 Å². The van der Waals surface area contributed by atoms with Crippen molar-refractivity contribution in [1.29, 1.82) is 0 Å². The lowest BCUT2D eigenvalue weighted by atomic mass is 10.1. The van der Waals surface area contributed by atoms with Crippen LogP contribution >= 0.6 is 0 Å². The summed E-state index contributed by atoms with van der Waals surface area (Å²) >= 11 is 0. The first kappa shape index (κ1) is 12.7. The number of carbonyl (C=O) groups is 1. The van der Waals surface area contributed by atoms with Crippen LogP contribution in [0.3, 0.4) is 0 Å². The molecule has 5 heteroatoms. The van der Waals surface area contributed by atoms with Crippen LogP contribution in [0.2, 0.25) is 0 Å². The molecular formula is C15H16N2O3. The van der Waals surface area contributed by atoms with E-state index in [4.69, 9.17) is 5.11 Å². The summed E-state index contributed by atoms with van der Waals surface area (Å²) in [5.41, 5.74) is -0.126. The minimum atomic E-state index is -0.801. The van der Waals surface area contributed by atoms with Gasteiger partial charge in [-0.05, 0) is 30.4 Å². The Morgan fingerprint density at radius 1 is 1.40 bits per heavy atom. The van der Waals surface area contributed by atoms with Crippen LogP contribution in [0.5, 0.6) is 0 Å². The molecule has 3 rings (SSSR count). The molecule has 2 heterocycles. The normalized spacial score (nSPS) is 18.6. The van der Waals surface area contributed by atoms with Gasteiger partial charge in [0, 0.05) is 18.0 Å². The summed E-state index contributed by atoms with van der Waals surface area (Å²) < 4.78 is 0. The summed E-state index contributed by atoms with van der Waals surface area (Å²) in [5, 5.41) is 10.5. The van der Waals surface area contributed by atoms with Crippen molar-refractivity contribution in [1.82, 2.24) is 4.98 Å². The maximum absolute atomic E-state index is 12.1. The van der Waals surface area contributed by atoms with E-state index in [2.05, 4.69) is 4.98 Å². The highest BCUT2D eigenvalue weighted by Crippen LogP contribution is 2.26. The number of pyridine rings is 1. The Kier molecular flexibility index (Phi) is 3.18. The lowest BCUT2D eigenvalue weighted by Gasteiger charge is -2.25. The summed E-state index contributed by atoms with van der Waals surface area (Å²) in [7, 11) is 0. The van der Waals surface area contributed by atoms with E-state index >= 15 is 0 Å². The maximum Gasteiger partial charge on any atom is 0.305 e. The van der Waals surface area contributed by atoms with Crippen molar-refractivity contribution in [3.8, 4) is 0 Å². The highest BCUT2D eigenvalue weighted by molar-refractivity contribution is 5.84. The third kappa shape index (κ3) is 2.27. The van der Waals surface area contributed by atoms with E-state index in [-0.39, 0.29) is 18.0 Å². The number of aromatic nitrogens is 1. The van der Waals surface area contributed by atoms with E-state index in [0.717, 1.165) is 30.6 Å². The molecule has 2 N–H and O–H groups in total. The Bertz CT molecular complexity index is 708. The predicted molar refractivity (Wildman–Crippen MR) is 77.2 cm³/mol. The van der Waals surface area contributed by atoms with Gasteiger partial charge in [0.2, 0.25) is 0 Å². The first-order valence-corrected chi connectivity index (χ1v) is 6.75. The van der Waals surface area contributed by atoms with Crippen LogP contribution in [0.1, 0.15) is 19.3 Å². The molecule has 1 aliphatic heterocycles. The quantitative estimate of drug-likeness (QED) is 0.896. The molecule has 1 atom stereocenters. The molecule has 0 spiro atoms. The van der Waals surface area contributed by atoms with Crippen molar-refractivity contribution >= 4 is 22.6 Å². The number of fused-ring (bicyclic) bond motifs is 1. The highest BCUT2D eigenvalue weighted by Gasteiger charge is 2.27. The van der Waals surface area contributed by atoms with Crippen molar-refractivity contribution in [3.63, 3.8) is 0 Å². The summed E-state index contributed by atoms with van der Waals surface area (Å²) in [6, 6.07) is 9.30. The second-order valence-corrected chi connectivity index (χ2v) is 5.16. The van der Waals surface area contributed by atoms with Crippen LogP contribution in [-0.4, -0.2) is 28.6 Å². The lowest BCUT2D eigenvalue weighted by Crippen LogP contribution is -2.33. The molecule has 1 aliphatic rings. The number of hydrogen-bond donors (Lipinski definition) is 2. The SMILES string of the molecule is O=C(O)CC1CCCN1c1cc2ccccc2c(=O)[nH]1. The van der Waals surface area contributed by atoms with Gasteiger partial charge in [0.25, 0.3) is 5.56 Å². The van der Waals surface area contributed by atoms with Crippen LogP contribution in [0.15, 0.2) is 35.1 Å². The summed E-state index contributed by atoms with van der Waals surface area (Å²) in [5.74, 6) is -0.0810. The van der Waals surface area contributed by atoms with E-state index in [1.54, 1.807) is 6.07 Å². The van der Waals surface area contributed by atoms with Gasteiger partial charge in [-0.25, -0.2) is 0 Å². The van der Waals surface area contributed by atoms with Gasteiger partial charge in [0.1, 0.15) is 5.82 Å². The molecule has 1 saturated heterocycles. The van der Waals surface area contributed by atoms with Crippen LogP contribution in [0, 0.1) is 0 Å². The van der Waals surface area contributed by atoms with Gasteiger partial charge in [-0.15, -0.1) is 0 Å². The van der Waals surface area contributed by atoms with Crippen LogP contribution < -0.4 is 10.5 Å². The van der Waals surface area contributed by atoms with E-state index in [1.165, 1.54) is 0 Å². The summed E-state index contributed by atoms with van der Waals surface area (Å²) in [6.45, 7) is 0.784. The minimum Gasteiger partial charge on any atom is -0.481 e. The number of benzene rings is 1. The molecule has 0 radical (unpaired) electrons. The number of aliphatic carboxylic acids is 1. The number of anilines is 1. The van der Waals surface area contributed by atoms with E-state index < -0.39 is 5.97 Å². The van der Waals surface area contributed by atoms with Crippen LogP contribution in [0.4, 0.5) is 5.82 Å². The number of nitrogens with one attached hydrogen (secondary N) is 1. The van der Waals surface area contributed by atoms with Crippen LogP contribution in [0.25, 0.3) is 10.8 Å². The molecule has 1 aromatic heterocycles. The van der Waals surface area contributed by atoms with Crippen molar-refractivity contribution in [2.45, 2.75) is 25.3 Å². The van der Waals surface area contributed by atoms with Gasteiger partial charge in [0.15, 0.2) is 0 Å². The fourth-order valence-electron chi connectivity index (χ4n) is 2.92. The van der Waals surface area contributed by atoms with Gasteiger partial charge < -0.3 is 15.0 Å². The smallest absolute Gasteiger partial charge is 0.305 e. The monoisotopic (exact) mass is 272 g/mol. The molecule has 0 aliphatic carbocycles. The number of rotatable bonds is 3. The first-order valence-electron chi connectivity index (χ1n) is 6.75. The zero-order valence-electron chi connectivity index (χ0n) is 11.0. The molecule has 5 nitrogen and oxygen atoms in total. The number of H-pyrrole nitrogens is 1. The van der Waals surface area contributed by atoms with E-state index in [1.807, 2.05) is 29.2 Å². The first-order chi connectivity index (χ1) is 9.65. The van der Waals surface area contributed by atoms with Crippen molar-refractivity contribution in [2.24, 2.45) is 0 Å². The summed E-state index contributed by atoms with van der Waals surface area (Å²) in [6.07, 6.45) is 1.91. The van der Waals surface area contributed by atoms with Gasteiger partial charge in [-0.3, -0.25) is 9.59 Å². The van der Waals surface area contributed by atoms with Gasteiger partial charge in [-0.2, -0.15) is 0 Å². The zero-order chi connectivity index (χ0) is 14.1. The second kappa shape index (κ2) is 5.00. The van der Waals surface area contributed by atoms with Gasteiger partial charge in [0.05, 0.1) is 6.42 Å². The van der Waals surface area contributed by atoms with Gasteiger partial charge >= 0.3 is 5.97 Å². The molecule has 1 fully saturated rings. The average molecular weight is 272 g/mol. The number of carboxylic acid groups (broad SMARTS) is 1. The highest BCUT2D eigenvalue weighted by atomic mass is 16.4. The molecule has 0 amide bonds. The Morgan fingerprint density at radius 3 is 3.00 bits per heavy atom. The lowest BCUT2D eigenvalue weighted by molar-refractivity contribution is -0.137. The number of nitrogens with zero attached hydrogens (tertiary/aromatic N) is 1. The van der Waals surface area contributed by atoms with Crippen molar-refractivity contribution in [3.05, 3.63) is 40.7 Å². The maximum atomic E-state index is 12.1. The van der Waals surface area contributed by atoms with Crippen LogP contribution in [-0.2, 0) is 4.79 Å². The van der Waals surface area contributed by atoms with Gasteiger partial charge in [-0.1, -0.05) is 18.2 Å². The number of aromatic amines is 1. The molecule has 0 saturated carbocycles. The topological polar surface area (TPSA) is 73.4 Å². The van der Waals surface area contributed by atoms with E-state index in [9.17, 15) is 9.59 Å². The Balaban J connectivity index is 2.01. The summed E-state index contributed by atoms with van der Waals surface area (Å²) in [4.78, 5) is 27.9. The molecular weight excluding hydrogens is 256 g/mol. The number of hydrogen-bond acceptors (Lipinski definition) is 3. The third-order valence-electron chi connectivity index (χ3n) is 3.84. The molecule has 2 aromatic rings. The fraction of sp³-hybridized carbons (Fsp3) is 0.333. The molecule has 1 aromatic carbocycles. The molecule has 104 valence electrons. The standard InChI is InChI=1S/C15H16N2O3/c18-14(19)9-11-5-3-7-17(11)13-8-10-4-1-2-6-12(10)15(20)16-13/h1-2,4,6,8,11H,3,5,7,9H2,(H,16,20)(H,18,19). The average Bonchev–Trinajstić information content (AvgIpc) is 2.86. The molecule has 20 heavy (non-hydrogen) atoms. The molecule has 0 bridgehead atoms. The Labute approximate surface area is 115 Å².